The summed E-state index contributed by atoms with van der Waals surface area (Å²) in [5.41, 5.74) is 6.98. The molecule has 1 aliphatic heterocycles. The molecule has 0 aromatic heterocycles. The quantitative estimate of drug-likeness (QED) is 0.828. The average Bonchev–Trinajstić information content (AvgIpc) is 2.37. The van der Waals surface area contributed by atoms with Gasteiger partial charge in [0.1, 0.15) is 5.82 Å². The molecule has 1 aliphatic rings. The smallest absolute Gasteiger partial charge is 0.148 e. The number of rotatable bonds is 4. The van der Waals surface area contributed by atoms with E-state index in [9.17, 15) is 4.39 Å². The van der Waals surface area contributed by atoms with Crippen molar-refractivity contribution in [2.75, 3.05) is 64.0 Å². The van der Waals surface area contributed by atoms with Crippen molar-refractivity contribution in [3.05, 3.63) is 24.0 Å². The van der Waals surface area contributed by atoms with Crippen LogP contribution in [0.15, 0.2) is 18.2 Å². The van der Waals surface area contributed by atoms with Crippen LogP contribution < -0.4 is 10.6 Å². The fraction of sp³-hybridized carbons (Fsp3) is 0.571. The largest absolute Gasteiger partial charge is 0.397 e. The Labute approximate surface area is 114 Å². The molecule has 2 rings (SSSR count). The monoisotopic (exact) mass is 266 g/mol. The molecular formula is C14H23FN4. The zero-order chi connectivity index (χ0) is 13.8. The van der Waals surface area contributed by atoms with Crippen molar-refractivity contribution in [1.29, 1.82) is 0 Å². The van der Waals surface area contributed by atoms with Crippen molar-refractivity contribution in [2.45, 2.75) is 0 Å². The molecule has 0 saturated carbocycles. The van der Waals surface area contributed by atoms with Crippen LogP contribution in [-0.4, -0.2) is 63.2 Å². The minimum Gasteiger partial charge on any atom is -0.397 e. The SMILES string of the molecule is CN(C)CCN1CCN(c2c(N)cccc2F)CC1. The molecule has 0 spiro atoms. The van der Waals surface area contributed by atoms with E-state index in [1.807, 2.05) is 0 Å². The Morgan fingerprint density at radius 1 is 1.21 bits per heavy atom. The first-order chi connectivity index (χ1) is 9.08. The number of halogens is 1. The Morgan fingerprint density at radius 2 is 1.89 bits per heavy atom. The number of piperazine rings is 1. The standard InChI is InChI=1S/C14H23FN4/c1-17(2)6-7-18-8-10-19(11-9-18)14-12(15)4-3-5-13(14)16/h3-5H,6-11,16H2,1-2H3. The van der Waals surface area contributed by atoms with E-state index in [2.05, 4.69) is 28.8 Å². The summed E-state index contributed by atoms with van der Waals surface area (Å²) in [7, 11) is 4.16. The van der Waals surface area contributed by atoms with Crippen LogP contribution in [0, 0.1) is 5.82 Å². The van der Waals surface area contributed by atoms with E-state index in [1.165, 1.54) is 6.07 Å². The molecule has 106 valence electrons. The summed E-state index contributed by atoms with van der Waals surface area (Å²) in [6, 6.07) is 4.89. The second-order valence-electron chi connectivity index (χ2n) is 5.31. The molecule has 0 bridgehead atoms. The Hall–Kier alpha value is -1.33. The topological polar surface area (TPSA) is 35.7 Å². The molecule has 0 unspecified atom stereocenters. The lowest BCUT2D eigenvalue weighted by atomic mass is 10.2. The van der Waals surface area contributed by atoms with Gasteiger partial charge in [0.2, 0.25) is 0 Å². The molecule has 4 nitrogen and oxygen atoms in total. The molecule has 19 heavy (non-hydrogen) atoms. The Kier molecular flexibility index (Phi) is 4.61. The Morgan fingerprint density at radius 3 is 2.47 bits per heavy atom. The number of likely N-dealkylation sites (N-methyl/N-ethyl adjacent to an activating group) is 1. The van der Waals surface area contributed by atoms with Crippen molar-refractivity contribution < 1.29 is 4.39 Å². The first kappa shape index (κ1) is 14.1. The summed E-state index contributed by atoms with van der Waals surface area (Å²) in [6.07, 6.45) is 0. The van der Waals surface area contributed by atoms with Crippen LogP contribution in [0.5, 0.6) is 0 Å². The van der Waals surface area contributed by atoms with Crippen molar-refractivity contribution in [3.8, 4) is 0 Å². The van der Waals surface area contributed by atoms with Crippen LogP contribution in [0.2, 0.25) is 0 Å². The maximum atomic E-state index is 13.8. The number of benzene rings is 1. The van der Waals surface area contributed by atoms with E-state index in [0.29, 0.717) is 11.4 Å². The van der Waals surface area contributed by atoms with Crippen LogP contribution in [0.25, 0.3) is 0 Å². The van der Waals surface area contributed by atoms with Gasteiger partial charge in [0.05, 0.1) is 11.4 Å². The van der Waals surface area contributed by atoms with Crippen LogP contribution in [-0.2, 0) is 0 Å². The Balaban J connectivity index is 1.93. The fourth-order valence-corrected chi connectivity index (χ4v) is 2.40. The normalized spacial score (nSPS) is 17.2. The number of nitrogens with zero attached hydrogens (tertiary/aromatic N) is 3. The summed E-state index contributed by atoms with van der Waals surface area (Å²) in [5, 5.41) is 0. The third-order valence-corrected chi connectivity index (χ3v) is 3.57. The summed E-state index contributed by atoms with van der Waals surface area (Å²) in [6.45, 7) is 5.70. The maximum Gasteiger partial charge on any atom is 0.148 e. The molecule has 0 radical (unpaired) electrons. The lowest BCUT2D eigenvalue weighted by Gasteiger charge is -2.37. The summed E-state index contributed by atoms with van der Waals surface area (Å²) in [4.78, 5) is 6.64. The highest BCUT2D eigenvalue weighted by Crippen LogP contribution is 2.27. The first-order valence-electron chi connectivity index (χ1n) is 6.74. The van der Waals surface area contributed by atoms with Crippen molar-refractivity contribution in [1.82, 2.24) is 9.80 Å². The predicted molar refractivity (Wildman–Crippen MR) is 78.0 cm³/mol. The van der Waals surface area contributed by atoms with Gasteiger partial charge in [0.15, 0.2) is 0 Å². The second-order valence-corrected chi connectivity index (χ2v) is 5.31. The third kappa shape index (κ3) is 3.58. The van der Waals surface area contributed by atoms with Gasteiger partial charge >= 0.3 is 0 Å². The van der Waals surface area contributed by atoms with Gasteiger partial charge < -0.3 is 15.5 Å². The molecule has 5 heteroatoms. The van der Waals surface area contributed by atoms with E-state index in [1.54, 1.807) is 12.1 Å². The highest BCUT2D eigenvalue weighted by atomic mass is 19.1. The molecule has 1 aromatic rings. The van der Waals surface area contributed by atoms with Crippen LogP contribution in [0.3, 0.4) is 0 Å². The van der Waals surface area contributed by atoms with Gasteiger partial charge in [-0.25, -0.2) is 4.39 Å². The van der Waals surface area contributed by atoms with Gasteiger partial charge in [0, 0.05) is 39.3 Å². The molecule has 1 aromatic carbocycles. The lowest BCUT2D eigenvalue weighted by Crippen LogP contribution is -2.48. The minimum atomic E-state index is -0.221. The van der Waals surface area contributed by atoms with E-state index in [4.69, 9.17) is 5.73 Å². The van der Waals surface area contributed by atoms with Gasteiger partial charge in [-0.3, -0.25) is 4.90 Å². The van der Waals surface area contributed by atoms with Gasteiger partial charge in [-0.1, -0.05) is 6.07 Å². The first-order valence-corrected chi connectivity index (χ1v) is 6.74. The maximum absolute atomic E-state index is 13.8. The van der Waals surface area contributed by atoms with Crippen molar-refractivity contribution >= 4 is 11.4 Å². The molecule has 0 amide bonds. The van der Waals surface area contributed by atoms with Gasteiger partial charge in [-0.2, -0.15) is 0 Å². The molecule has 1 heterocycles. The summed E-state index contributed by atoms with van der Waals surface area (Å²) < 4.78 is 13.8. The van der Waals surface area contributed by atoms with Crippen molar-refractivity contribution in [3.63, 3.8) is 0 Å². The van der Waals surface area contributed by atoms with Gasteiger partial charge in [-0.05, 0) is 26.2 Å². The van der Waals surface area contributed by atoms with Gasteiger partial charge in [0.25, 0.3) is 0 Å². The summed E-state index contributed by atoms with van der Waals surface area (Å²) >= 11 is 0. The molecule has 0 atom stereocenters. The number of hydrogen-bond acceptors (Lipinski definition) is 4. The van der Waals surface area contributed by atoms with Crippen LogP contribution in [0.1, 0.15) is 0 Å². The molecule has 0 aliphatic carbocycles. The van der Waals surface area contributed by atoms with Gasteiger partial charge in [-0.15, -0.1) is 0 Å². The number of anilines is 2. The number of hydrogen-bond donors (Lipinski definition) is 1. The third-order valence-electron chi connectivity index (χ3n) is 3.57. The second kappa shape index (κ2) is 6.21. The van der Waals surface area contributed by atoms with E-state index >= 15 is 0 Å². The zero-order valence-electron chi connectivity index (χ0n) is 11.8. The number of para-hydroxylation sites is 1. The minimum absolute atomic E-state index is 0.221. The number of nitrogen functional groups attached to an aromatic ring is 1. The van der Waals surface area contributed by atoms with E-state index in [-0.39, 0.29) is 5.82 Å². The summed E-state index contributed by atoms with van der Waals surface area (Å²) in [5.74, 6) is -0.221. The highest BCUT2D eigenvalue weighted by molar-refractivity contribution is 5.68. The van der Waals surface area contributed by atoms with Crippen LogP contribution in [0.4, 0.5) is 15.8 Å². The average molecular weight is 266 g/mol. The molecule has 1 saturated heterocycles. The van der Waals surface area contributed by atoms with E-state index in [0.717, 1.165) is 39.3 Å². The highest BCUT2D eigenvalue weighted by Gasteiger charge is 2.20. The molecule has 1 fully saturated rings. The fourth-order valence-electron chi connectivity index (χ4n) is 2.40. The van der Waals surface area contributed by atoms with Crippen LogP contribution >= 0.6 is 0 Å². The number of nitrogens with two attached hydrogens (primary N) is 1. The Bertz CT molecular complexity index is 394. The van der Waals surface area contributed by atoms with Crippen molar-refractivity contribution in [2.24, 2.45) is 0 Å². The van der Waals surface area contributed by atoms with E-state index < -0.39 is 0 Å². The lowest BCUT2D eigenvalue weighted by molar-refractivity contribution is 0.229. The predicted octanol–water partition coefficient (Wildman–Crippen LogP) is 1.09. The molecule has 2 N–H and O–H groups in total. The zero-order valence-corrected chi connectivity index (χ0v) is 11.8. The molecular weight excluding hydrogens is 243 g/mol.